The summed E-state index contributed by atoms with van der Waals surface area (Å²) in [7, 11) is -3.86. The SMILES string of the molecule is Cl.O=S(=O)(NCC1=CCNCC1)c1cnn(CC(F)(F)F)c1. The van der Waals surface area contributed by atoms with Gasteiger partial charge in [-0.3, -0.25) is 4.68 Å². The monoisotopic (exact) mass is 360 g/mol. The molecule has 1 aliphatic rings. The number of alkyl halides is 3. The van der Waals surface area contributed by atoms with Gasteiger partial charge < -0.3 is 5.32 Å². The Morgan fingerprint density at radius 1 is 1.41 bits per heavy atom. The van der Waals surface area contributed by atoms with Crippen LogP contribution in [-0.2, 0) is 16.6 Å². The van der Waals surface area contributed by atoms with E-state index in [0.29, 0.717) is 11.2 Å². The van der Waals surface area contributed by atoms with Gasteiger partial charge in [0.2, 0.25) is 10.0 Å². The fraction of sp³-hybridized carbons (Fsp3) is 0.545. The Kier molecular flexibility index (Phi) is 6.41. The van der Waals surface area contributed by atoms with Crippen LogP contribution in [0, 0.1) is 0 Å². The largest absolute Gasteiger partial charge is 0.408 e. The smallest absolute Gasteiger partial charge is 0.313 e. The first-order valence-electron chi connectivity index (χ1n) is 6.24. The normalized spacial score (nSPS) is 16.0. The first-order valence-corrected chi connectivity index (χ1v) is 7.72. The van der Waals surface area contributed by atoms with Crippen LogP contribution in [0.15, 0.2) is 28.9 Å². The highest BCUT2D eigenvalue weighted by Crippen LogP contribution is 2.18. The highest BCUT2D eigenvalue weighted by atomic mass is 35.5. The topological polar surface area (TPSA) is 76.0 Å². The highest BCUT2D eigenvalue weighted by molar-refractivity contribution is 7.89. The number of rotatable bonds is 5. The number of hydrogen-bond acceptors (Lipinski definition) is 4. The van der Waals surface area contributed by atoms with E-state index in [-0.39, 0.29) is 23.8 Å². The maximum absolute atomic E-state index is 12.2. The first-order chi connectivity index (χ1) is 9.76. The molecule has 1 aromatic heterocycles. The van der Waals surface area contributed by atoms with Gasteiger partial charge in [0.1, 0.15) is 11.4 Å². The molecule has 0 radical (unpaired) electrons. The maximum Gasteiger partial charge on any atom is 0.408 e. The van der Waals surface area contributed by atoms with E-state index in [4.69, 9.17) is 0 Å². The second-order valence-corrected chi connectivity index (χ2v) is 6.40. The Bertz CT molecular complexity index is 628. The number of nitrogens with zero attached hydrogens (tertiary/aromatic N) is 2. The minimum atomic E-state index is -4.44. The summed E-state index contributed by atoms with van der Waals surface area (Å²) >= 11 is 0. The number of sulfonamides is 1. The molecule has 0 fully saturated rings. The van der Waals surface area contributed by atoms with E-state index in [9.17, 15) is 21.6 Å². The molecule has 0 aromatic carbocycles. The minimum Gasteiger partial charge on any atom is -0.313 e. The minimum absolute atomic E-state index is 0. The first kappa shape index (κ1) is 18.9. The molecule has 2 heterocycles. The van der Waals surface area contributed by atoms with E-state index >= 15 is 0 Å². The predicted molar refractivity (Wildman–Crippen MR) is 76.3 cm³/mol. The summed E-state index contributed by atoms with van der Waals surface area (Å²) in [5.74, 6) is 0. The summed E-state index contributed by atoms with van der Waals surface area (Å²) in [4.78, 5) is -0.277. The van der Waals surface area contributed by atoms with Gasteiger partial charge in [-0.15, -0.1) is 12.4 Å². The molecule has 0 spiro atoms. The molecule has 0 amide bonds. The van der Waals surface area contributed by atoms with Gasteiger partial charge in [-0.1, -0.05) is 11.6 Å². The Morgan fingerprint density at radius 2 is 2.14 bits per heavy atom. The number of aromatic nitrogens is 2. The summed E-state index contributed by atoms with van der Waals surface area (Å²) in [5, 5.41) is 6.51. The summed E-state index contributed by atoms with van der Waals surface area (Å²) in [6, 6.07) is 0. The van der Waals surface area contributed by atoms with E-state index in [1.165, 1.54) is 0 Å². The summed E-state index contributed by atoms with van der Waals surface area (Å²) in [6.07, 6.45) is -0.0488. The zero-order valence-electron chi connectivity index (χ0n) is 11.4. The van der Waals surface area contributed by atoms with Crippen LogP contribution in [0.1, 0.15) is 6.42 Å². The molecular weight excluding hydrogens is 345 g/mol. The molecule has 1 aliphatic heterocycles. The standard InChI is InChI=1S/C11H15F3N4O2S.ClH/c12-11(13,14)8-18-7-10(6-16-18)21(19,20)17-5-9-1-3-15-4-2-9;/h1,6-7,15,17H,2-5,8H2;1H. The second kappa shape index (κ2) is 7.44. The molecule has 6 nitrogen and oxygen atoms in total. The lowest BCUT2D eigenvalue weighted by molar-refractivity contribution is -0.142. The van der Waals surface area contributed by atoms with Gasteiger partial charge in [-0.05, 0) is 13.0 Å². The number of halogens is 4. The van der Waals surface area contributed by atoms with Gasteiger partial charge in [0.15, 0.2) is 0 Å². The summed E-state index contributed by atoms with van der Waals surface area (Å²) < 4.78 is 63.4. The summed E-state index contributed by atoms with van der Waals surface area (Å²) in [5.41, 5.74) is 0.944. The molecule has 2 rings (SSSR count). The van der Waals surface area contributed by atoms with E-state index < -0.39 is 22.7 Å². The lowest BCUT2D eigenvalue weighted by Crippen LogP contribution is -2.29. The van der Waals surface area contributed by atoms with E-state index in [1.807, 2.05) is 6.08 Å². The molecule has 126 valence electrons. The van der Waals surface area contributed by atoms with Crippen LogP contribution in [0.25, 0.3) is 0 Å². The van der Waals surface area contributed by atoms with Crippen LogP contribution in [0.3, 0.4) is 0 Å². The Balaban J connectivity index is 0.00000242. The van der Waals surface area contributed by atoms with Gasteiger partial charge in [0.25, 0.3) is 0 Å². The molecule has 11 heteroatoms. The molecule has 2 N–H and O–H groups in total. The van der Waals surface area contributed by atoms with Crippen molar-refractivity contribution in [2.45, 2.75) is 24.0 Å². The molecule has 0 atom stereocenters. The molecular formula is C11H16ClF3N4O2S. The highest BCUT2D eigenvalue weighted by Gasteiger charge is 2.29. The van der Waals surface area contributed by atoms with Crippen molar-refractivity contribution in [3.05, 3.63) is 24.0 Å². The van der Waals surface area contributed by atoms with E-state index in [1.54, 1.807) is 0 Å². The Morgan fingerprint density at radius 3 is 2.73 bits per heavy atom. The maximum atomic E-state index is 12.2. The zero-order valence-corrected chi connectivity index (χ0v) is 13.1. The Hall–Kier alpha value is -1.10. The van der Waals surface area contributed by atoms with E-state index in [2.05, 4.69) is 15.1 Å². The molecule has 0 unspecified atom stereocenters. The van der Waals surface area contributed by atoms with Crippen LogP contribution < -0.4 is 10.0 Å². The van der Waals surface area contributed by atoms with Crippen LogP contribution >= 0.6 is 12.4 Å². The molecule has 0 saturated heterocycles. The zero-order chi connectivity index (χ0) is 15.5. The van der Waals surface area contributed by atoms with Crippen LogP contribution in [-0.4, -0.2) is 44.0 Å². The number of nitrogens with one attached hydrogen (secondary N) is 2. The van der Waals surface area contributed by atoms with Gasteiger partial charge in [-0.25, -0.2) is 13.1 Å². The lowest BCUT2D eigenvalue weighted by Gasteiger charge is -2.14. The number of hydrogen-bond donors (Lipinski definition) is 2. The lowest BCUT2D eigenvalue weighted by atomic mass is 10.1. The van der Waals surface area contributed by atoms with Crippen LogP contribution in [0.2, 0.25) is 0 Å². The average molecular weight is 361 g/mol. The second-order valence-electron chi connectivity index (χ2n) is 4.63. The van der Waals surface area contributed by atoms with Crippen molar-refractivity contribution in [1.82, 2.24) is 19.8 Å². The van der Waals surface area contributed by atoms with Crippen LogP contribution in [0.4, 0.5) is 13.2 Å². The van der Waals surface area contributed by atoms with Crippen molar-refractivity contribution < 1.29 is 21.6 Å². The predicted octanol–water partition coefficient (Wildman–Crippen LogP) is 1.07. The third-order valence-electron chi connectivity index (χ3n) is 2.91. The van der Waals surface area contributed by atoms with Crippen LogP contribution in [0.5, 0.6) is 0 Å². The van der Waals surface area contributed by atoms with Gasteiger partial charge >= 0.3 is 6.18 Å². The Labute approximate surface area is 132 Å². The molecule has 1 aromatic rings. The third kappa shape index (κ3) is 5.59. The molecule has 0 saturated carbocycles. The van der Waals surface area contributed by atoms with Gasteiger partial charge in [0, 0.05) is 19.3 Å². The van der Waals surface area contributed by atoms with Crippen molar-refractivity contribution >= 4 is 22.4 Å². The van der Waals surface area contributed by atoms with E-state index in [0.717, 1.165) is 30.9 Å². The molecule has 0 bridgehead atoms. The van der Waals surface area contributed by atoms with Crippen molar-refractivity contribution in [1.29, 1.82) is 0 Å². The van der Waals surface area contributed by atoms with Crippen molar-refractivity contribution in [2.75, 3.05) is 19.6 Å². The van der Waals surface area contributed by atoms with Crippen molar-refractivity contribution in [3.8, 4) is 0 Å². The third-order valence-corrected chi connectivity index (χ3v) is 4.26. The quantitative estimate of drug-likeness (QED) is 0.770. The summed E-state index contributed by atoms with van der Waals surface area (Å²) in [6.45, 7) is 0.283. The van der Waals surface area contributed by atoms with Crippen molar-refractivity contribution in [3.63, 3.8) is 0 Å². The van der Waals surface area contributed by atoms with Crippen molar-refractivity contribution in [2.24, 2.45) is 0 Å². The average Bonchev–Trinajstić information content (AvgIpc) is 2.85. The fourth-order valence-electron chi connectivity index (χ4n) is 1.85. The van der Waals surface area contributed by atoms with Gasteiger partial charge in [-0.2, -0.15) is 18.3 Å². The molecule has 0 aliphatic carbocycles. The molecule has 22 heavy (non-hydrogen) atoms. The fourth-order valence-corrected chi connectivity index (χ4v) is 2.84. The van der Waals surface area contributed by atoms with Gasteiger partial charge in [0.05, 0.1) is 6.20 Å².